The molecule has 4 nitrogen and oxygen atoms in total. The fourth-order valence-corrected chi connectivity index (χ4v) is 8.64. The van der Waals surface area contributed by atoms with Crippen LogP contribution in [-0.4, -0.2) is 16.2 Å². The maximum atomic E-state index is 6.15. The molecule has 5 heteroatoms. The second-order valence-corrected chi connectivity index (χ2v) is 12.7. The number of rotatable bonds is 1. The molecule has 1 unspecified atom stereocenters. The van der Waals surface area contributed by atoms with Gasteiger partial charge in [-0.1, -0.05) is 72.8 Å². The average Bonchev–Trinajstić information content (AvgIpc) is 3.79. The highest BCUT2D eigenvalue weighted by Crippen LogP contribution is 2.51. The maximum absolute atomic E-state index is 6.15. The lowest BCUT2D eigenvalue weighted by atomic mass is 9.97. The highest BCUT2D eigenvalue weighted by atomic mass is 32.1. The number of nitrogens with zero attached hydrogens (tertiary/aromatic N) is 2. The predicted octanol–water partition coefficient (Wildman–Crippen LogP) is 10.6. The Kier molecular flexibility index (Phi) is 3.99. The van der Waals surface area contributed by atoms with Gasteiger partial charge in [-0.25, -0.2) is 4.99 Å². The monoisotopic (exact) mass is 567 g/mol. The number of thiophene rings is 1. The van der Waals surface area contributed by atoms with Crippen molar-refractivity contribution in [2.45, 2.75) is 6.04 Å². The molecule has 1 atom stereocenters. The molecule has 4 aromatic heterocycles. The maximum Gasteiger partial charge on any atom is 0.162 e. The molecule has 0 spiro atoms. The van der Waals surface area contributed by atoms with Crippen molar-refractivity contribution in [3.63, 3.8) is 0 Å². The predicted molar refractivity (Wildman–Crippen MR) is 182 cm³/mol. The summed E-state index contributed by atoms with van der Waals surface area (Å²) in [5.74, 6) is 0.986. The minimum Gasteiger partial charge on any atom is -0.456 e. The van der Waals surface area contributed by atoms with Crippen molar-refractivity contribution in [3.8, 4) is 11.1 Å². The van der Waals surface area contributed by atoms with Crippen molar-refractivity contribution in [2.24, 2.45) is 4.99 Å². The minimum absolute atomic E-state index is 0.0660. The quantitative estimate of drug-likeness (QED) is 0.214. The highest BCUT2D eigenvalue weighted by molar-refractivity contribution is 7.26. The van der Waals surface area contributed by atoms with Crippen LogP contribution in [-0.2, 0) is 0 Å². The van der Waals surface area contributed by atoms with Crippen LogP contribution in [0.5, 0.6) is 0 Å². The molecule has 0 radical (unpaired) electrons. The van der Waals surface area contributed by atoms with Crippen LogP contribution in [0.1, 0.15) is 0 Å². The Balaban J connectivity index is 1.29. The van der Waals surface area contributed by atoms with Gasteiger partial charge in [0.2, 0.25) is 0 Å². The van der Waals surface area contributed by atoms with Gasteiger partial charge in [0.1, 0.15) is 11.2 Å². The number of anilines is 1. The van der Waals surface area contributed by atoms with E-state index in [1.165, 1.54) is 58.5 Å². The molecule has 5 heterocycles. The van der Waals surface area contributed by atoms with E-state index in [-0.39, 0.29) is 6.04 Å². The van der Waals surface area contributed by atoms with Crippen molar-refractivity contribution < 1.29 is 4.42 Å². The fourth-order valence-electron chi connectivity index (χ4n) is 7.40. The Bertz CT molecular complexity index is 2770. The summed E-state index contributed by atoms with van der Waals surface area (Å²) >= 11 is 1.88. The van der Waals surface area contributed by atoms with E-state index in [2.05, 4.69) is 113 Å². The smallest absolute Gasteiger partial charge is 0.162 e. The first-order valence-electron chi connectivity index (χ1n) is 14.6. The molecular formula is C38H21N3OS. The molecule has 0 amide bonds. The van der Waals surface area contributed by atoms with Gasteiger partial charge in [0, 0.05) is 42.4 Å². The normalized spacial score (nSPS) is 16.3. The lowest BCUT2D eigenvalue weighted by Crippen LogP contribution is -2.29. The number of para-hydroxylation sites is 1. The zero-order chi connectivity index (χ0) is 27.8. The summed E-state index contributed by atoms with van der Waals surface area (Å²) in [6.07, 6.45) is 8.49. The number of hydrogen-bond donors (Lipinski definition) is 1. The number of allylic oxidation sites excluding steroid dienone is 2. The Morgan fingerprint density at radius 2 is 1.49 bits per heavy atom. The Hall–Kier alpha value is -5.39. The number of fused-ring (bicyclic) bond motifs is 14. The molecule has 0 fully saturated rings. The standard InChI is InChI=1S/C38H21N3OS/c1-5-11-31-22(7-1)26-17-20(13-16-32(26)42-31)21-18-27-24-14-15-25-23-8-2-6-12-33(23)43-37(25)36(24)41-35(27)28(19-21)34-38(41)40-30-10-4-3-9-29(30)39-34/h1-19,29,39H. The van der Waals surface area contributed by atoms with E-state index < -0.39 is 0 Å². The number of benzene rings is 5. The first-order chi connectivity index (χ1) is 21.3. The topological polar surface area (TPSA) is 41.9 Å². The summed E-state index contributed by atoms with van der Waals surface area (Å²) in [7, 11) is 0. The van der Waals surface area contributed by atoms with Crippen LogP contribution >= 0.6 is 11.3 Å². The molecule has 200 valence electrons. The van der Waals surface area contributed by atoms with Crippen molar-refractivity contribution in [3.05, 3.63) is 115 Å². The van der Waals surface area contributed by atoms with Gasteiger partial charge in [-0.3, -0.25) is 4.40 Å². The van der Waals surface area contributed by atoms with Crippen molar-refractivity contribution in [1.82, 2.24) is 4.40 Å². The molecule has 1 N–H and O–H groups in total. The van der Waals surface area contributed by atoms with Crippen LogP contribution in [0.2, 0.25) is 0 Å². The van der Waals surface area contributed by atoms with Crippen molar-refractivity contribution >= 4 is 97.9 Å². The lowest BCUT2D eigenvalue weighted by molar-refractivity contribution is 0.669. The van der Waals surface area contributed by atoms with Gasteiger partial charge in [-0.05, 0) is 53.6 Å². The van der Waals surface area contributed by atoms with Gasteiger partial charge in [-0.15, -0.1) is 11.3 Å². The molecule has 1 aliphatic carbocycles. The summed E-state index contributed by atoms with van der Waals surface area (Å²) < 4.78 is 11.2. The third kappa shape index (κ3) is 2.78. The summed E-state index contributed by atoms with van der Waals surface area (Å²) in [6, 6.07) is 33.0. The van der Waals surface area contributed by atoms with E-state index in [1.807, 2.05) is 23.5 Å². The first kappa shape index (κ1) is 22.2. The van der Waals surface area contributed by atoms with E-state index in [0.717, 1.165) is 39.2 Å². The van der Waals surface area contributed by atoms with E-state index in [4.69, 9.17) is 9.41 Å². The molecule has 0 saturated carbocycles. The summed E-state index contributed by atoms with van der Waals surface area (Å²) in [5.41, 5.74) is 8.82. The van der Waals surface area contributed by atoms with Gasteiger partial charge in [0.05, 0.1) is 33.2 Å². The number of furan rings is 1. The number of nitrogens with one attached hydrogen (secondary N) is 1. The zero-order valence-corrected chi connectivity index (χ0v) is 23.6. The molecule has 9 aromatic rings. The second-order valence-electron chi connectivity index (χ2n) is 11.6. The molecule has 1 aliphatic heterocycles. The molecule has 11 rings (SSSR count). The largest absolute Gasteiger partial charge is 0.456 e. The molecule has 0 saturated heterocycles. The summed E-state index contributed by atoms with van der Waals surface area (Å²) in [5, 5.41) is 12.5. The van der Waals surface area contributed by atoms with E-state index in [9.17, 15) is 0 Å². The number of aromatic nitrogens is 1. The molecule has 43 heavy (non-hydrogen) atoms. The zero-order valence-electron chi connectivity index (χ0n) is 22.8. The van der Waals surface area contributed by atoms with Crippen LogP contribution in [0, 0.1) is 0 Å². The SMILES string of the molecule is C1=CC2=Nc3c(c4cc(-c5ccc6oc7ccccc7c6c5)cc5c6ccc7c8ccccc8sc7c6n3c45)NC2C=C1. The van der Waals surface area contributed by atoms with E-state index >= 15 is 0 Å². The molecule has 0 bridgehead atoms. The fraction of sp³-hybridized carbons (Fsp3) is 0.0263. The van der Waals surface area contributed by atoms with Gasteiger partial charge in [0.15, 0.2) is 5.82 Å². The van der Waals surface area contributed by atoms with Crippen LogP contribution in [0.15, 0.2) is 125 Å². The van der Waals surface area contributed by atoms with Gasteiger partial charge in [0.25, 0.3) is 0 Å². The van der Waals surface area contributed by atoms with Crippen LogP contribution in [0.4, 0.5) is 11.5 Å². The van der Waals surface area contributed by atoms with Crippen molar-refractivity contribution in [1.29, 1.82) is 0 Å². The summed E-state index contributed by atoms with van der Waals surface area (Å²) in [4.78, 5) is 5.31. The van der Waals surface area contributed by atoms with Gasteiger partial charge >= 0.3 is 0 Å². The number of hydrogen-bond acceptors (Lipinski definition) is 4. The minimum atomic E-state index is 0.0660. The average molecular weight is 568 g/mol. The molecule has 2 aliphatic rings. The van der Waals surface area contributed by atoms with Gasteiger partial charge < -0.3 is 9.73 Å². The lowest BCUT2D eigenvalue weighted by Gasteiger charge is -2.23. The summed E-state index contributed by atoms with van der Waals surface area (Å²) in [6.45, 7) is 0. The third-order valence-corrected chi connectivity index (χ3v) is 10.5. The molecular weight excluding hydrogens is 547 g/mol. The highest BCUT2D eigenvalue weighted by Gasteiger charge is 2.30. The van der Waals surface area contributed by atoms with E-state index in [1.54, 1.807) is 0 Å². The second kappa shape index (κ2) is 7.71. The first-order valence-corrected chi connectivity index (χ1v) is 15.4. The van der Waals surface area contributed by atoms with Crippen LogP contribution in [0.25, 0.3) is 80.4 Å². The molecule has 5 aromatic carbocycles. The van der Waals surface area contributed by atoms with E-state index in [0.29, 0.717) is 0 Å². The van der Waals surface area contributed by atoms with Crippen LogP contribution in [0.3, 0.4) is 0 Å². The van der Waals surface area contributed by atoms with Crippen molar-refractivity contribution in [2.75, 3.05) is 5.32 Å². The Labute approximate surface area is 248 Å². The third-order valence-electron chi connectivity index (χ3n) is 9.32. The number of aliphatic imine (C=N–C) groups is 1. The Morgan fingerprint density at radius 1 is 0.674 bits per heavy atom. The van der Waals surface area contributed by atoms with Crippen LogP contribution < -0.4 is 5.32 Å². The Morgan fingerprint density at radius 3 is 2.47 bits per heavy atom. The van der Waals surface area contributed by atoms with Gasteiger partial charge in [-0.2, -0.15) is 0 Å².